The average Bonchev–Trinajstić information content (AvgIpc) is 2.89. The number of nitrogens with one attached hydrogen (secondary N) is 1. The molecule has 3 aromatic rings. The Bertz CT molecular complexity index is 1310. The second kappa shape index (κ2) is 13.7. The number of halogens is 3. The Hall–Kier alpha value is -3.79. The first-order valence-electron chi connectivity index (χ1n) is 12.0. The number of aryl methyl sites for hydroxylation is 1. The summed E-state index contributed by atoms with van der Waals surface area (Å²) in [6.45, 7) is 1.69. The summed E-state index contributed by atoms with van der Waals surface area (Å²) in [6.07, 6.45) is 1.09. The van der Waals surface area contributed by atoms with Gasteiger partial charge in [-0.05, 0) is 61.0 Å². The van der Waals surface area contributed by atoms with E-state index in [4.69, 9.17) is 21.1 Å². The molecule has 0 aliphatic rings. The Balaban J connectivity index is 1.62. The van der Waals surface area contributed by atoms with Gasteiger partial charge in [-0.25, -0.2) is 18.6 Å². The van der Waals surface area contributed by atoms with Crippen molar-refractivity contribution in [2.24, 2.45) is 0 Å². The first kappa shape index (κ1) is 28.8. The lowest BCUT2D eigenvalue weighted by molar-refractivity contribution is -0.144. The highest BCUT2D eigenvalue weighted by molar-refractivity contribution is 6.31. The van der Waals surface area contributed by atoms with Crippen molar-refractivity contribution in [1.82, 2.24) is 9.88 Å². The van der Waals surface area contributed by atoms with Crippen LogP contribution in [0.3, 0.4) is 0 Å². The van der Waals surface area contributed by atoms with Gasteiger partial charge in [0.2, 0.25) is 5.91 Å². The summed E-state index contributed by atoms with van der Waals surface area (Å²) in [5.41, 5.74) is 0.495. The van der Waals surface area contributed by atoms with Crippen LogP contribution in [0, 0.1) is 11.6 Å². The largest absolute Gasteiger partial charge is 0.466 e. The lowest BCUT2D eigenvalue weighted by Crippen LogP contribution is -2.41. The minimum Gasteiger partial charge on any atom is -0.466 e. The number of carbonyl (C=O) groups is 3. The van der Waals surface area contributed by atoms with Crippen LogP contribution in [0.25, 0.3) is 10.8 Å². The molecule has 0 bridgehead atoms. The summed E-state index contributed by atoms with van der Waals surface area (Å²) >= 11 is 5.98. The van der Waals surface area contributed by atoms with Crippen LogP contribution in [0.5, 0.6) is 0 Å². The molecule has 1 aromatic heterocycles. The first-order valence-corrected chi connectivity index (χ1v) is 12.4. The molecule has 1 N–H and O–H groups in total. The van der Waals surface area contributed by atoms with E-state index in [1.54, 1.807) is 19.1 Å². The van der Waals surface area contributed by atoms with Gasteiger partial charge in [-0.2, -0.15) is 0 Å². The van der Waals surface area contributed by atoms with Crippen LogP contribution in [-0.2, 0) is 25.5 Å². The second-order valence-electron chi connectivity index (χ2n) is 8.50. The fraction of sp³-hybridized carbons (Fsp3) is 0.333. The van der Waals surface area contributed by atoms with Crippen molar-refractivity contribution in [2.45, 2.75) is 38.6 Å². The average molecular weight is 548 g/mol. The van der Waals surface area contributed by atoms with Crippen LogP contribution < -0.4 is 5.32 Å². The van der Waals surface area contributed by atoms with Crippen LogP contribution in [-0.4, -0.2) is 54.2 Å². The summed E-state index contributed by atoms with van der Waals surface area (Å²) in [5.74, 6) is -1.58. The van der Waals surface area contributed by atoms with E-state index in [-0.39, 0.29) is 55.6 Å². The van der Waals surface area contributed by atoms with Gasteiger partial charge in [-0.15, -0.1) is 0 Å². The number of benzene rings is 2. The molecule has 0 saturated carbocycles. The maximum absolute atomic E-state index is 13.7. The molecule has 8 nitrogen and oxygen atoms in total. The van der Waals surface area contributed by atoms with E-state index in [1.807, 2.05) is 0 Å². The Morgan fingerprint density at radius 1 is 1.08 bits per heavy atom. The zero-order valence-electron chi connectivity index (χ0n) is 21.0. The highest BCUT2D eigenvalue weighted by atomic mass is 35.5. The standard InChI is InChI=1S/C27H28ClF2N3O5/c1-3-37-25(35)12-10-21(33(2)24(34)11-8-17-5-4-6-22(30)26(17)28)16-38-27(36)32-23-14-19-13-20(29)9-7-18(19)15-31-23/h4-7,9,13-15,21H,3,8,10-12,16H2,1-2H3,(H,31,32,36)/t21-/m0/s1. The van der Waals surface area contributed by atoms with E-state index in [1.165, 1.54) is 48.5 Å². The van der Waals surface area contributed by atoms with E-state index in [2.05, 4.69) is 10.3 Å². The molecule has 11 heteroatoms. The minimum absolute atomic E-state index is 0.00856. The van der Waals surface area contributed by atoms with Crippen molar-refractivity contribution in [3.05, 3.63) is 70.9 Å². The maximum atomic E-state index is 13.7. The van der Waals surface area contributed by atoms with Crippen molar-refractivity contribution >= 4 is 46.2 Å². The Morgan fingerprint density at radius 2 is 1.87 bits per heavy atom. The number of anilines is 1. The molecule has 0 fully saturated rings. The Kier molecular flexibility index (Phi) is 10.3. The summed E-state index contributed by atoms with van der Waals surface area (Å²) < 4.78 is 37.5. The number of rotatable bonds is 11. The highest BCUT2D eigenvalue weighted by Crippen LogP contribution is 2.22. The van der Waals surface area contributed by atoms with Crippen molar-refractivity contribution < 1.29 is 32.6 Å². The van der Waals surface area contributed by atoms with Crippen LogP contribution in [0.1, 0.15) is 31.7 Å². The van der Waals surface area contributed by atoms with Crippen molar-refractivity contribution in [3.63, 3.8) is 0 Å². The number of esters is 1. The number of amides is 2. The molecular weight excluding hydrogens is 520 g/mol. The number of carbonyl (C=O) groups excluding carboxylic acids is 3. The number of aromatic nitrogens is 1. The van der Waals surface area contributed by atoms with Gasteiger partial charge in [-0.1, -0.05) is 23.7 Å². The lowest BCUT2D eigenvalue weighted by Gasteiger charge is -2.28. The zero-order valence-corrected chi connectivity index (χ0v) is 21.8. The normalized spacial score (nSPS) is 11.6. The number of fused-ring (bicyclic) bond motifs is 1. The highest BCUT2D eigenvalue weighted by Gasteiger charge is 2.23. The molecule has 0 radical (unpaired) electrons. The molecule has 0 unspecified atom stereocenters. The van der Waals surface area contributed by atoms with Crippen LogP contribution >= 0.6 is 11.6 Å². The third-order valence-electron chi connectivity index (χ3n) is 5.89. The fourth-order valence-corrected chi connectivity index (χ4v) is 3.98. The van der Waals surface area contributed by atoms with Gasteiger partial charge in [0, 0.05) is 31.5 Å². The number of hydrogen-bond acceptors (Lipinski definition) is 6. The van der Waals surface area contributed by atoms with Gasteiger partial charge in [0.05, 0.1) is 17.7 Å². The third-order valence-corrected chi connectivity index (χ3v) is 6.31. The molecule has 0 spiro atoms. The van der Waals surface area contributed by atoms with Crippen molar-refractivity contribution in [1.29, 1.82) is 0 Å². The van der Waals surface area contributed by atoms with E-state index < -0.39 is 29.7 Å². The second-order valence-corrected chi connectivity index (χ2v) is 8.88. The van der Waals surface area contributed by atoms with Crippen LogP contribution in [0.15, 0.2) is 48.7 Å². The van der Waals surface area contributed by atoms with Crippen molar-refractivity contribution in [2.75, 3.05) is 25.6 Å². The van der Waals surface area contributed by atoms with Crippen LogP contribution in [0.2, 0.25) is 5.02 Å². The molecule has 0 saturated heterocycles. The van der Waals surface area contributed by atoms with Gasteiger partial charge in [0.25, 0.3) is 0 Å². The molecule has 1 heterocycles. The van der Waals surface area contributed by atoms with E-state index in [9.17, 15) is 23.2 Å². The fourth-order valence-electron chi connectivity index (χ4n) is 3.76. The topological polar surface area (TPSA) is 97.8 Å². The van der Waals surface area contributed by atoms with E-state index in [0.717, 1.165) is 0 Å². The van der Waals surface area contributed by atoms with Crippen LogP contribution in [0.4, 0.5) is 19.4 Å². The summed E-state index contributed by atoms with van der Waals surface area (Å²) in [4.78, 5) is 42.7. The molecule has 2 aromatic carbocycles. The number of pyridine rings is 1. The molecule has 0 aliphatic heterocycles. The van der Waals surface area contributed by atoms with Gasteiger partial charge >= 0.3 is 12.1 Å². The van der Waals surface area contributed by atoms with E-state index >= 15 is 0 Å². The van der Waals surface area contributed by atoms with Gasteiger partial charge in [0.15, 0.2) is 0 Å². The molecule has 202 valence electrons. The molecule has 3 rings (SSSR count). The molecule has 0 aliphatic carbocycles. The Labute approximate surface area is 223 Å². The zero-order chi connectivity index (χ0) is 27.7. The monoisotopic (exact) mass is 547 g/mol. The lowest BCUT2D eigenvalue weighted by atomic mass is 10.1. The SMILES string of the molecule is CCOC(=O)CC[C@@H](COC(=O)Nc1cc2cc(F)ccc2cn1)N(C)C(=O)CCc1cccc(F)c1Cl. The number of nitrogens with zero attached hydrogens (tertiary/aromatic N) is 2. The number of ether oxygens (including phenoxy) is 2. The minimum atomic E-state index is -0.832. The quantitative estimate of drug-likeness (QED) is 0.318. The predicted molar refractivity (Wildman–Crippen MR) is 139 cm³/mol. The predicted octanol–water partition coefficient (Wildman–Crippen LogP) is 5.52. The summed E-state index contributed by atoms with van der Waals surface area (Å²) in [6, 6.07) is 9.45. The number of hydrogen-bond donors (Lipinski definition) is 1. The van der Waals surface area contributed by atoms with Gasteiger partial charge in [0.1, 0.15) is 24.1 Å². The molecule has 1 atom stereocenters. The maximum Gasteiger partial charge on any atom is 0.412 e. The molecule has 38 heavy (non-hydrogen) atoms. The Morgan fingerprint density at radius 3 is 2.63 bits per heavy atom. The number of likely N-dealkylation sites (N-methyl/N-ethyl adjacent to an activating group) is 1. The molecular formula is C27H28ClF2N3O5. The van der Waals surface area contributed by atoms with Gasteiger partial charge < -0.3 is 14.4 Å². The smallest absolute Gasteiger partial charge is 0.412 e. The molecule has 2 amide bonds. The van der Waals surface area contributed by atoms with Gasteiger partial charge in [-0.3, -0.25) is 14.9 Å². The third kappa shape index (κ3) is 8.11. The first-order chi connectivity index (χ1) is 18.2. The van der Waals surface area contributed by atoms with E-state index in [0.29, 0.717) is 16.3 Å². The summed E-state index contributed by atoms with van der Waals surface area (Å²) in [7, 11) is 1.53. The van der Waals surface area contributed by atoms with Crippen molar-refractivity contribution in [3.8, 4) is 0 Å². The summed E-state index contributed by atoms with van der Waals surface area (Å²) in [5, 5.41) is 3.69.